The fourth-order valence-corrected chi connectivity index (χ4v) is 2.94. The number of benzene rings is 2. The molecule has 0 atom stereocenters. The Morgan fingerprint density at radius 2 is 1.93 bits per heavy atom. The zero-order valence-corrected chi connectivity index (χ0v) is 14.9. The molecule has 1 aliphatic rings. The second-order valence-corrected chi connectivity index (χ2v) is 6.25. The van der Waals surface area contributed by atoms with Gasteiger partial charge in [0.25, 0.3) is 0 Å². The molecule has 0 bridgehead atoms. The Balaban J connectivity index is 1.54. The average molecular weight is 358 g/mol. The van der Waals surface area contributed by atoms with Gasteiger partial charge in [-0.1, -0.05) is 36.9 Å². The Kier molecular flexibility index (Phi) is 4.38. The molecule has 4 rings (SSSR count). The zero-order chi connectivity index (χ0) is 18.8. The molecule has 1 aliphatic heterocycles. The van der Waals surface area contributed by atoms with Crippen LogP contribution in [-0.2, 0) is 6.61 Å². The normalized spacial score (nSPS) is 14.1. The summed E-state index contributed by atoms with van der Waals surface area (Å²) in [5, 5.41) is 0. The van der Waals surface area contributed by atoms with Gasteiger partial charge in [-0.05, 0) is 42.3 Å². The second-order valence-electron chi connectivity index (χ2n) is 6.25. The number of hydrogen-bond donors (Lipinski definition) is 0. The van der Waals surface area contributed by atoms with E-state index in [-0.39, 0.29) is 11.5 Å². The van der Waals surface area contributed by atoms with Gasteiger partial charge in [0, 0.05) is 11.6 Å². The van der Waals surface area contributed by atoms with Crippen LogP contribution in [0, 0.1) is 6.92 Å². The predicted molar refractivity (Wildman–Crippen MR) is 104 cm³/mol. The molecule has 2 aromatic carbocycles. The van der Waals surface area contributed by atoms with Crippen molar-refractivity contribution in [2.75, 3.05) is 0 Å². The quantitative estimate of drug-likeness (QED) is 0.571. The Morgan fingerprint density at radius 1 is 1.11 bits per heavy atom. The molecular weight excluding hydrogens is 340 g/mol. The summed E-state index contributed by atoms with van der Waals surface area (Å²) in [4.78, 5) is 12.5. The van der Waals surface area contributed by atoms with Gasteiger partial charge in [0.2, 0.25) is 5.78 Å². The Morgan fingerprint density at radius 3 is 2.63 bits per heavy atom. The number of ketones is 1. The lowest BCUT2D eigenvalue weighted by Gasteiger charge is -2.11. The maximum absolute atomic E-state index is 12.5. The third kappa shape index (κ3) is 3.29. The van der Waals surface area contributed by atoms with Gasteiger partial charge >= 0.3 is 0 Å². The van der Waals surface area contributed by atoms with Crippen LogP contribution in [0.5, 0.6) is 11.5 Å². The minimum Gasteiger partial charge on any atom is -0.488 e. The van der Waals surface area contributed by atoms with Crippen molar-refractivity contribution in [1.29, 1.82) is 0 Å². The van der Waals surface area contributed by atoms with Crippen molar-refractivity contribution in [1.82, 2.24) is 0 Å². The number of ether oxygens (including phenoxy) is 2. The lowest BCUT2D eigenvalue weighted by molar-refractivity contribution is 0.101. The summed E-state index contributed by atoms with van der Waals surface area (Å²) in [5.74, 6) is 1.89. The highest BCUT2D eigenvalue weighted by Crippen LogP contribution is 2.39. The standard InChI is InChI=1S/C23H18O4/c1-3-16-6-8-17(9-7-16)14-26-20-11-10-19-22(24)21(27-23(19)15(20)2)13-18-5-4-12-25-18/h3-13H,1,14H2,2H3/b21-13-. The van der Waals surface area contributed by atoms with Crippen molar-refractivity contribution < 1.29 is 18.7 Å². The van der Waals surface area contributed by atoms with E-state index in [0.717, 1.165) is 16.7 Å². The van der Waals surface area contributed by atoms with Gasteiger partial charge in [0.1, 0.15) is 23.9 Å². The highest BCUT2D eigenvalue weighted by atomic mass is 16.5. The van der Waals surface area contributed by atoms with Crippen LogP contribution in [0.1, 0.15) is 32.8 Å². The second kappa shape index (κ2) is 7.00. The summed E-state index contributed by atoms with van der Waals surface area (Å²) in [6, 6.07) is 15.1. The van der Waals surface area contributed by atoms with Gasteiger partial charge in [0.15, 0.2) is 5.76 Å². The number of hydrogen-bond acceptors (Lipinski definition) is 4. The third-order valence-corrected chi connectivity index (χ3v) is 4.46. The van der Waals surface area contributed by atoms with Gasteiger partial charge in [0.05, 0.1) is 11.8 Å². The lowest BCUT2D eigenvalue weighted by atomic mass is 10.1. The number of fused-ring (bicyclic) bond motifs is 1. The van der Waals surface area contributed by atoms with Gasteiger partial charge in [-0.15, -0.1) is 0 Å². The highest BCUT2D eigenvalue weighted by Gasteiger charge is 2.30. The average Bonchev–Trinajstić information content (AvgIpc) is 3.31. The first kappa shape index (κ1) is 16.9. The SMILES string of the molecule is C=Cc1ccc(COc2ccc3c(c2C)O/C(=C\c2ccco2)C3=O)cc1. The van der Waals surface area contributed by atoms with Crippen molar-refractivity contribution in [3.63, 3.8) is 0 Å². The van der Waals surface area contributed by atoms with Crippen LogP contribution in [0.15, 0.2) is 71.5 Å². The van der Waals surface area contributed by atoms with E-state index < -0.39 is 0 Å². The van der Waals surface area contributed by atoms with E-state index in [4.69, 9.17) is 13.9 Å². The van der Waals surface area contributed by atoms with Crippen LogP contribution in [-0.4, -0.2) is 5.78 Å². The van der Waals surface area contributed by atoms with Crippen LogP contribution < -0.4 is 9.47 Å². The minimum absolute atomic E-state index is 0.156. The monoisotopic (exact) mass is 358 g/mol. The van der Waals surface area contributed by atoms with E-state index >= 15 is 0 Å². The molecule has 2 heterocycles. The van der Waals surface area contributed by atoms with E-state index in [1.54, 1.807) is 36.6 Å². The first-order valence-electron chi connectivity index (χ1n) is 8.61. The van der Waals surface area contributed by atoms with Gasteiger partial charge in [-0.2, -0.15) is 0 Å². The van der Waals surface area contributed by atoms with Gasteiger partial charge in [-0.3, -0.25) is 4.79 Å². The Labute approximate surface area is 157 Å². The molecule has 0 N–H and O–H groups in total. The number of furan rings is 1. The topological polar surface area (TPSA) is 48.7 Å². The summed E-state index contributed by atoms with van der Waals surface area (Å²) in [7, 11) is 0. The molecule has 0 aliphatic carbocycles. The Bertz CT molecular complexity index is 1020. The molecule has 0 saturated carbocycles. The molecule has 0 radical (unpaired) electrons. The van der Waals surface area contributed by atoms with E-state index in [1.807, 2.05) is 37.3 Å². The molecule has 4 nitrogen and oxygen atoms in total. The smallest absolute Gasteiger partial charge is 0.232 e. The van der Waals surface area contributed by atoms with Crippen molar-refractivity contribution in [2.45, 2.75) is 13.5 Å². The molecule has 134 valence electrons. The zero-order valence-electron chi connectivity index (χ0n) is 14.9. The molecular formula is C23H18O4. The molecule has 4 heteroatoms. The van der Waals surface area contributed by atoms with Crippen LogP contribution in [0.25, 0.3) is 12.2 Å². The summed E-state index contributed by atoms with van der Waals surface area (Å²) >= 11 is 0. The lowest BCUT2D eigenvalue weighted by Crippen LogP contribution is -1.98. The molecule has 0 amide bonds. The van der Waals surface area contributed by atoms with Crippen molar-refractivity contribution in [2.24, 2.45) is 0 Å². The maximum Gasteiger partial charge on any atom is 0.232 e. The summed E-state index contributed by atoms with van der Waals surface area (Å²) < 4.78 is 17.0. The number of rotatable bonds is 5. The molecule has 3 aromatic rings. The fraction of sp³-hybridized carbons (Fsp3) is 0.0870. The predicted octanol–water partition coefficient (Wildman–Crippen LogP) is 5.43. The van der Waals surface area contributed by atoms with Gasteiger partial charge in [-0.25, -0.2) is 0 Å². The van der Waals surface area contributed by atoms with E-state index in [2.05, 4.69) is 6.58 Å². The van der Waals surface area contributed by atoms with Crippen molar-refractivity contribution >= 4 is 17.9 Å². The molecule has 0 unspecified atom stereocenters. The number of carbonyl (C=O) groups is 1. The van der Waals surface area contributed by atoms with Crippen LogP contribution in [0.3, 0.4) is 0 Å². The van der Waals surface area contributed by atoms with E-state index in [1.165, 1.54) is 0 Å². The summed E-state index contributed by atoms with van der Waals surface area (Å²) in [5.41, 5.74) is 3.45. The van der Waals surface area contributed by atoms with Crippen LogP contribution in [0.2, 0.25) is 0 Å². The highest BCUT2D eigenvalue weighted by molar-refractivity contribution is 6.14. The molecule has 1 aromatic heterocycles. The largest absolute Gasteiger partial charge is 0.488 e. The van der Waals surface area contributed by atoms with Crippen molar-refractivity contribution in [3.8, 4) is 11.5 Å². The molecule has 0 spiro atoms. The maximum atomic E-state index is 12.5. The summed E-state index contributed by atoms with van der Waals surface area (Å²) in [6.07, 6.45) is 4.96. The first-order chi connectivity index (χ1) is 13.2. The minimum atomic E-state index is -0.156. The van der Waals surface area contributed by atoms with E-state index in [9.17, 15) is 4.79 Å². The summed E-state index contributed by atoms with van der Waals surface area (Å²) in [6.45, 7) is 6.07. The molecule has 0 saturated heterocycles. The number of allylic oxidation sites excluding steroid dienone is 1. The fourth-order valence-electron chi connectivity index (χ4n) is 2.94. The van der Waals surface area contributed by atoms with E-state index in [0.29, 0.717) is 29.4 Å². The molecule has 0 fully saturated rings. The number of Topliss-reactive ketones (excluding diaryl/α,β-unsaturated/α-hetero) is 1. The van der Waals surface area contributed by atoms with Crippen LogP contribution >= 0.6 is 0 Å². The van der Waals surface area contributed by atoms with Gasteiger partial charge < -0.3 is 13.9 Å². The van der Waals surface area contributed by atoms with Crippen LogP contribution in [0.4, 0.5) is 0 Å². The van der Waals surface area contributed by atoms with Crippen molar-refractivity contribution in [3.05, 3.63) is 95.1 Å². The third-order valence-electron chi connectivity index (χ3n) is 4.46. The first-order valence-corrected chi connectivity index (χ1v) is 8.61. The Hall–Kier alpha value is -3.53. The number of carbonyl (C=O) groups excluding carboxylic acids is 1. The molecule has 27 heavy (non-hydrogen) atoms.